The molecule has 2 bridgehead atoms. The van der Waals surface area contributed by atoms with Gasteiger partial charge in [-0.1, -0.05) is 42.5 Å². The minimum absolute atomic E-state index is 0.611. The van der Waals surface area contributed by atoms with Gasteiger partial charge in [0.25, 0.3) is 0 Å². The second kappa shape index (κ2) is 6.34. The fraction of sp³-hybridized carbons (Fsp3) is 0.455. The van der Waals surface area contributed by atoms with Gasteiger partial charge >= 0.3 is 0 Å². The molecule has 2 unspecified atom stereocenters. The average Bonchev–Trinajstić information content (AvgIpc) is 2.60. The van der Waals surface area contributed by atoms with Crippen molar-refractivity contribution in [2.24, 2.45) is 0 Å². The maximum atomic E-state index is 2.46. The van der Waals surface area contributed by atoms with E-state index in [1.807, 2.05) is 0 Å². The number of nitrogens with zero attached hydrogens (tertiary/aromatic N) is 2. The maximum Gasteiger partial charge on any atom is 0.0234 e. The Morgan fingerprint density at radius 3 is 2.21 bits per heavy atom. The van der Waals surface area contributed by atoms with Gasteiger partial charge < -0.3 is 9.80 Å². The van der Waals surface area contributed by atoms with Crippen molar-refractivity contribution in [3.8, 4) is 0 Å². The van der Waals surface area contributed by atoms with E-state index in [1.165, 1.54) is 18.4 Å². The van der Waals surface area contributed by atoms with E-state index >= 15 is 0 Å². The lowest BCUT2D eigenvalue weighted by atomic mass is 9.63. The molecule has 24 heavy (non-hydrogen) atoms. The van der Waals surface area contributed by atoms with Gasteiger partial charge in [0.05, 0.1) is 0 Å². The summed E-state index contributed by atoms with van der Waals surface area (Å²) in [6.45, 7) is 3.28. The molecule has 0 aromatic heterocycles. The zero-order valence-corrected chi connectivity index (χ0v) is 15.1. The first-order valence-electron chi connectivity index (χ1n) is 9.19. The highest BCUT2D eigenvalue weighted by molar-refractivity contribution is 5.57. The number of fused-ring (bicyclic) bond motifs is 1. The monoisotopic (exact) mass is 320 g/mol. The molecule has 5 rings (SSSR count). The molecule has 0 N–H and O–H groups in total. The number of benzene rings is 2. The lowest BCUT2D eigenvalue weighted by molar-refractivity contribution is 0.275. The first-order valence-corrected chi connectivity index (χ1v) is 9.19. The predicted octanol–water partition coefficient (Wildman–Crippen LogP) is 4.05. The molecule has 0 spiro atoms. The molecule has 2 atom stereocenters. The lowest BCUT2D eigenvalue weighted by Crippen LogP contribution is -2.30. The SMILES string of the molecule is CN(C)CCN(C)Cc1cccc2c1C1CCC2c2ccccc21. The molecule has 0 saturated heterocycles. The Bertz CT molecular complexity index is 734. The molecule has 2 aromatic carbocycles. The number of hydrogen-bond acceptors (Lipinski definition) is 2. The van der Waals surface area contributed by atoms with Gasteiger partial charge in [0.2, 0.25) is 0 Å². The fourth-order valence-electron chi connectivity index (χ4n) is 4.65. The van der Waals surface area contributed by atoms with Gasteiger partial charge in [-0.15, -0.1) is 0 Å². The molecule has 2 heteroatoms. The molecule has 0 saturated carbocycles. The Labute approximate surface area is 146 Å². The van der Waals surface area contributed by atoms with E-state index in [0.29, 0.717) is 11.8 Å². The van der Waals surface area contributed by atoms with Crippen molar-refractivity contribution in [1.82, 2.24) is 9.80 Å². The summed E-state index contributed by atoms with van der Waals surface area (Å²) >= 11 is 0. The molecule has 0 amide bonds. The van der Waals surface area contributed by atoms with Crippen molar-refractivity contribution in [2.75, 3.05) is 34.2 Å². The van der Waals surface area contributed by atoms with Crippen molar-refractivity contribution in [1.29, 1.82) is 0 Å². The number of likely N-dealkylation sites (N-methyl/N-ethyl adjacent to an activating group) is 2. The first kappa shape index (κ1) is 15.9. The predicted molar refractivity (Wildman–Crippen MR) is 101 cm³/mol. The van der Waals surface area contributed by atoms with Crippen molar-refractivity contribution in [2.45, 2.75) is 31.2 Å². The molecular formula is C22H28N2. The summed E-state index contributed by atoms with van der Waals surface area (Å²) in [4.78, 5) is 4.72. The summed E-state index contributed by atoms with van der Waals surface area (Å²) in [5, 5.41) is 0. The second-order valence-electron chi connectivity index (χ2n) is 7.77. The first-order chi connectivity index (χ1) is 11.6. The number of hydrogen-bond donors (Lipinski definition) is 0. The van der Waals surface area contributed by atoms with Gasteiger partial charge in [0, 0.05) is 31.5 Å². The molecule has 3 aliphatic rings. The van der Waals surface area contributed by atoms with Gasteiger partial charge in [-0.05, 0) is 61.8 Å². The van der Waals surface area contributed by atoms with E-state index in [0.717, 1.165) is 19.6 Å². The van der Waals surface area contributed by atoms with Crippen LogP contribution in [0.25, 0.3) is 0 Å². The standard InChI is InChI=1S/C22H28N2/c1-23(2)13-14-24(3)15-16-7-6-10-20-19-11-12-21(22(16)20)18-9-5-4-8-17(18)19/h4-10,19,21H,11-15H2,1-3H3. The van der Waals surface area contributed by atoms with Crippen LogP contribution in [0.4, 0.5) is 0 Å². The minimum atomic E-state index is 0.611. The van der Waals surface area contributed by atoms with Gasteiger partial charge in [0.15, 0.2) is 0 Å². The van der Waals surface area contributed by atoms with Crippen molar-refractivity contribution in [3.63, 3.8) is 0 Å². The zero-order valence-electron chi connectivity index (χ0n) is 15.1. The lowest BCUT2D eigenvalue weighted by Gasteiger charge is -2.42. The minimum Gasteiger partial charge on any atom is -0.308 e. The molecular weight excluding hydrogens is 292 g/mol. The Balaban J connectivity index is 1.66. The van der Waals surface area contributed by atoms with Crippen LogP contribution in [-0.2, 0) is 6.54 Å². The average molecular weight is 320 g/mol. The summed E-state index contributed by atoms with van der Waals surface area (Å²) in [5.41, 5.74) is 7.95. The van der Waals surface area contributed by atoms with Crippen molar-refractivity contribution >= 4 is 0 Å². The molecule has 0 radical (unpaired) electrons. The van der Waals surface area contributed by atoms with Crippen LogP contribution in [0.15, 0.2) is 42.5 Å². The Morgan fingerprint density at radius 1 is 0.792 bits per heavy atom. The smallest absolute Gasteiger partial charge is 0.0234 e. The molecule has 0 aliphatic heterocycles. The zero-order chi connectivity index (χ0) is 16.7. The van der Waals surface area contributed by atoms with Crippen LogP contribution in [0.2, 0.25) is 0 Å². The van der Waals surface area contributed by atoms with Crippen LogP contribution >= 0.6 is 0 Å². The highest BCUT2D eigenvalue weighted by atomic mass is 15.1. The van der Waals surface area contributed by atoms with E-state index < -0.39 is 0 Å². The van der Waals surface area contributed by atoms with Gasteiger partial charge in [-0.25, -0.2) is 0 Å². The van der Waals surface area contributed by atoms with E-state index in [4.69, 9.17) is 0 Å². The van der Waals surface area contributed by atoms with Crippen molar-refractivity contribution < 1.29 is 0 Å². The van der Waals surface area contributed by atoms with E-state index in [2.05, 4.69) is 73.4 Å². The quantitative estimate of drug-likeness (QED) is 0.820. The summed E-state index contributed by atoms with van der Waals surface area (Å²) in [6.07, 6.45) is 2.63. The molecule has 2 aromatic rings. The van der Waals surface area contributed by atoms with Crippen LogP contribution in [0, 0.1) is 0 Å². The summed E-state index contributed by atoms with van der Waals surface area (Å²) in [5.74, 6) is 1.23. The third-order valence-corrected chi connectivity index (χ3v) is 5.81. The molecule has 0 heterocycles. The Hall–Kier alpha value is -1.64. The Kier molecular flexibility index (Phi) is 4.19. The third-order valence-electron chi connectivity index (χ3n) is 5.81. The largest absolute Gasteiger partial charge is 0.308 e. The van der Waals surface area contributed by atoms with Gasteiger partial charge in [0.1, 0.15) is 0 Å². The van der Waals surface area contributed by atoms with Gasteiger partial charge in [-0.2, -0.15) is 0 Å². The number of rotatable bonds is 5. The molecule has 0 fully saturated rings. The van der Waals surface area contributed by atoms with E-state index in [-0.39, 0.29) is 0 Å². The highest BCUT2D eigenvalue weighted by Crippen LogP contribution is 2.53. The summed E-state index contributed by atoms with van der Waals surface area (Å²) in [7, 11) is 6.54. The normalized spacial score (nSPS) is 21.2. The van der Waals surface area contributed by atoms with Gasteiger partial charge in [-0.3, -0.25) is 0 Å². The van der Waals surface area contributed by atoms with Crippen LogP contribution in [0.1, 0.15) is 52.5 Å². The fourth-order valence-corrected chi connectivity index (χ4v) is 4.65. The van der Waals surface area contributed by atoms with Crippen molar-refractivity contribution in [3.05, 3.63) is 70.3 Å². The molecule has 3 aliphatic carbocycles. The highest BCUT2D eigenvalue weighted by Gasteiger charge is 2.38. The van der Waals surface area contributed by atoms with Crippen LogP contribution in [0.3, 0.4) is 0 Å². The molecule has 2 nitrogen and oxygen atoms in total. The third kappa shape index (κ3) is 2.68. The van der Waals surface area contributed by atoms with Crippen LogP contribution in [-0.4, -0.2) is 44.0 Å². The van der Waals surface area contributed by atoms with Crippen LogP contribution in [0.5, 0.6) is 0 Å². The van der Waals surface area contributed by atoms with E-state index in [1.54, 1.807) is 22.3 Å². The maximum absolute atomic E-state index is 2.46. The topological polar surface area (TPSA) is 6.48 Å². The Morgan fingerprint density at radius 2 is 1.46 bits per heavy atom. The van der Waals surface area contributed by atoms with E-state index in [9.17, 15) is 0 Å². The van der Waals surface area contributed by atoms with Crippen LogP contribution < -0.4 is 0 Å². The molecule has 126 valence electrons. The summed E-state index contributed by atoms with van der Waals surface area (Å²) in [6, 6.07) is 16.1. The summed E-state index contributed by atoms with van der Waals surface area (Å²) < 4.78 is 0. The second-order valence-corrected chi connectivity index (χ2v) is 7.77.